The summed E-state index contributed by atoms with van der Waals surface area (Å²) in [6, 6.07) is 7.34. The van der Waals surface area contributed by atoms with Crippen molar-refractivity contribution in [3.8, 4) is 11.5 Å². The molecule has 0 amide bonds. The molecule has 0 atom stereocenters. The summed E-state index contributed by atoms with van der Waals surface area (Å²) < 4.78 is 38.3. The Hall–Kier alpha value is -1.82. The van der Waals surface area contributed by atoms with Crippen LogP contribution in [0.2, 0.25) is 0 Å². The highest BCUT2D eigenvalue weighted by molar-refractivity contribution is 9.10. The number of hydrogen-bond donors (Lipinski definition) is 1. The Morgan fingerprint density at radius 3 is 2.65 bits per heavy atom. The van der Waals surface area contributed by atoms with E-state index in [-0.39, 0.29) is 19.0 Å². The molecule has 2 aromatic rings. The first-order valence-electron chi connectivity index (χ1n) is 5.91. The third-order valence-electron chi connectivity index (χ3n) is 2.92. The topological polar surface area (TPSA) is 30.5 Å². The van der Waals surface area contributed by atoms with E-state index in [1.165, 1.54) is 18.2 Å². The van der Waals surface area contributed by atoms with Crippen LogP contribution in [0.4, 0.5) is 14.5 Å². The van der Waals surface area contributed by atoms with Crippen molar-refractivity contribution in [2.24, 2.45) is 0 Å². The molecule has 0 radical (unpaired) electrons. The van der Waals surface area contributed by atoms with Gasteiger partial charge in [0.1, 0.15) is 17.3 Å². The van der Waals surface area contributed by atoms with E-state index in [0.29, 0.717) is 11.5 Å². The van der Waals surface area contributed by atoms with Crippen LogP contribution in [0, 0.1) is 11.6 Å². The van der Waals surface area contributed by atoms with Gasteiger partial charge in [-0.1, -0.05) is 6.07 Å². The normalized spacial score (nSPS) is 12.6. The number of rotatable bonds is 3. The lowest BCUT2D eigenvalue weighted by Gasteiger charge is -2.10. The van der Waals surface area contributed by atoms with Crippen molar-refractivity contribution in [1.29, 1.82) is 0 Å². The van der Waals surface area contributed by atoms with Crippen molar-refractivity contribution >= 4 is 21.6 Å². The van der Waals surface area contributed by atoms with Crippen LogP contribution in [0.5, 0.6) is 11.5 Å². The van der Waals surface area contributed by atoms with Gasteiger partial charge in [0.2, 0.25) is 6.79 Å². The molecule has 104 valence electrons. The lowest BCUT2D eigenvalue weighted by molar-refractivity contribution is 0.173. The summed E-state index contributed by atoms with van der Waals surface area (Å²) in [5.74, 6) is 0.0191. The quantitative estimate of drug-likeness (QED) is 0.912. The second-order valence-corrected chi connectivity index (χ2v) is 5.12. The molecule has 0 fully saturated rings. The zero-order chi connectivity index (χ0) is 14.1. The molecule has 0 spiro atoms. The van der Waals surface area contributed by atoms with E-state index in [9.17, 15) is 8.78 Å². The molecule has 6 heteroatoms. The number of ether oxygens (including phenoxy) is 2. The molecule has 3 rings (SSSR count). The van der Waals surface area contributed by atoms with Crippen LogP contribution < -0.4 is 14.8 Å². The number of para-hydroxylation sites is 1. The molecule has 0 aromatic heterocycles. The van der Waals surface area contributed by atoms with Crippen LogP contribution in [-0.4, -0.2) is 6.79 Å². The number of nitrogens with one attached hydrogen (secondary N) is 1. The number of anilines is 1. The summed E-state index contributed by atoms with van der Waals surface area (Å²) in [4.78, 5) is 0. The van der Waals surface area contributed by atoms with Gasteiger partial charge >= 0.3 is 0 Å². The number of benzene rings is 2. The van der Waals surface area contributed by atoms with Crippen LogP contribution in [0.3, 0.4) is 0 Å². The largest absolute Gasteiger partial charge is 0.454 e. The Balaban J connectivity index is 1.81. The van der Waals surface area contributed by atoms with Crippen molar-refractivity contribution in [3.63, 3.8) is 0 Å². The first kappa shape index (κ1) is 13.2. The molecule has 0 saturated heterocycles. The van der Waals surface area contributed by atoms with Crippen LogP contribution in [0.25, 0.3) is 0 Å². The first-order valence-corrected chi connectivity index (χ1v) is 6.70. The van der Waals surface area contributed by atoms with E-state index in [1.54, 1.807) is 6.07 Å². The second kappa shape index (κ2) is 5.28. The lowest BCUT2D eigenvalue weighted by Crippen LogP contribution is -2.03. The highest BCUT2D eigenvalue weighted by Gasteiger charge is 2.18. The van der Waals surface area contributed by atoms with Gasteiger partial charge in [-0.2, -0.15) is 0 Å². The maximum atomic E-state index is 13.5. The van der Waals surface area contributed by atoms with Crippen molar-refractivity contribution in [1.82, 2.24) is 0 Å². The van der Waals surface area contributed by atoms with Gasteiger partial charge in [0.15, 0.2) is 11.5 Å². The van der Waals surface area contributed by atoms with Gasteiger partial charge < -0.3 is 14.8 Å². The predicted octanol–water partition coefficient (Wildman–Crippen LogP) is 4.07. The van der Waals surface area contributed by atoms with Gasteiger partial charge in [-0.05, 0) is 45.8 Å². The Bertz CT molecular complexity index is 644. The monoisotopic (exact) mass is 341 g/mol. The second-order valence-electron chi connectivity index (χ2n) is 4.26. The molecule has 1 N–H and O–H groups in total. The molecular formula is C14H10BrF2NO2. The highest BCUT2D eigenvalue weighted by Crippen LogP contribution is 2.40. The van der Waals surface area contributed by atoms with E-state index in [0.717, 1.165) is 10.0 Å². The van der Waals surface area contributed by atoms with Crippen molar-refractivity contribution in [2.45, 2.75) is 6.54 Å². The van der Waals surface area contributed by atoms with Crippen LogP contribution in [0.15, 0.2) is 34.8 Å². The third-order valence-corrected chi connectivity index (χ3v) is 3.51. The summed E-state index contributed by atoms with van der Waals surface area (Å²) in [7, 11) is 0. The fraction of sp³-hybridized carbons (Fsp3) is 0.143. The maximum absolute atomic E-state index is 13.5. The van der Waals surface area contributed by atoms with Crippen molar-refractivity contribution in [2.75, 3.05) is 12.1 Å². The SMILES string of the molecule is Fc1cccc(F)c1NCc1cc(Br)c2c(c1)OCO2. The Kier molecular flexibility index (Phi) is 3.48. The Labute approximate surface area is 122 Å². The molecule has 0 aliphatic carbocycles. The molecule has 0 unspecified atom stereocenters. The van der Waals surface area contributed by atoms with Crippen LogP contribution in [-0.2, 0) is 6.54 Å². The average Bonchev–Trinajstić information content (AvgIpc) is 2.87. The molecule has 1 aliphatic rings. The minimum Gasteiger partial charge on any atom is -0.454 e. The first-order chi connectivity index (χ1) is 9.65. The lowest BCUT2D eigenvalue weighted by atomic mass is 10.2. The van der Waals surface area contributed by atoms with Gasteiger partial charge in [0, 0.05) is 6.54 Å². The fourth-order valence-corrected chi connectivity index (χ4v) is 2.58. The molecule has 2 aromatic carbocycles. The molecule has 3 nitrogen and oxygen atoms in total. The summed E-state index contributed by atoms with van der Waals surface area (Å²) in [6.45, 7) is 0.444. The summed E-state index contributed by atoms with van der Waals surface area (Å²) in [5, 5.41) is 2.75. The summed E-state index contributed by atoms with van der Waals surface area (Å²) in [6.07, 6.45) is 0. The Morgan fingerprint density at radius 2 is 1.90 bits per heavy atom. The van der Waals surface area contributed by atoms with Gasteiger partial charge in [-0.3, -0.25) is 0 Å². The predicted molar refractivity (Wildman–Crippen MR) is 73.9 cm³/mol. The number of hydrogen-bond acceptors (Lipinski definition) is 3. The van der Waals surface area contributed by atoms with E-state index in [2.05, 4.69) is 21.2 Å². The molecule has 1 heterocycles. The Morgan fingerprint density at radius 1 is 1.15 bits per heavy atom. The van der Waals surface area contributed by atoms with E-state index in [1.807, 2.05) is 6.07 Å². The van der Waals surface area contributed by atoms with E-state index in [4.69, 9.17) is 9.47 Å². The molecule has 1 aliphatic heterocycles. The van der Waals surface area contributed by atoms with Crippen molar-refractivity contribution < 1.29 is 18.3 Å². The van der Waals surface area contributed by atoms with Crippen molar-refractivity contribution in [3.05, 3.63) is 52.0 Å². The zero-order valence-electron chi connectivity index (χ0n) is 10.3. The van der Waals surface area contributed by atoms with E-state index < -0.39 is 11.6 Å². The minimum absolute atomic E-state index is 0.138. The fourth-order valence-electron chi connectivity index (χ4n) is 1.98. The van der Waals surface area contributed by atoms with Gasteiger partial charge in [0.25, 0.3) is 0 Å². The summed E-state index contributed by atoms with van der Waals surface area (Å²) >= 11 is 3.37. The van der Waals surface area contributed by atoms with E-state index >= 15 is 0 Å². The number of fused-ring (bicyclic) bond motifs is 1. The minimum atomic E-state index is -0.621. The smallest absolute Gasteiger partial charge is 0.231 e. The summed E-state index contributed by atoms with van der Waals surface area (Å²) in [5.41, 5.74) is 0.685. The molecule has 0 saturated carbocycles. The zero-order valence-corrected chi connectivity index (χ0v) is 11.8. The maximum Gasteiger partial charge on any atom is 0.231 e. The van der Waals surface area contributed by atoms with Gasteiger partial charge in [-0.25, -0.2) is 8.78 Å². The van der Waals surface area contributed by atoms with Gasteiger partial charge in [0.05, 0.1) is 4.47 Å². The third kappa shape index (κ3) is 2.43. The standard InChI is InChI=1S/C14H10BrF2NO2/c15-9-4-8(5-12-14(9)20-7-19-12)6-18-13-10(16)2-1-3-11(13)17/h1-5,18H,6-7H2. The average molecular weight is 342 g/mol. The van der Waals surface area contributed by atoms with Crippen LogP contribution in [0.1, 0.15) is 5.56 Å². The number of halogens is 3. The van der Waals surface area contributed by atoms with Gasteiger partial charge in [-0.15, -0.1) is 0 Å². The molecule has 0 bridgehead atoms. The molecule has 20 heavy (non-hydrogen) atoms. The molecular weight excluding hydrogens is 332 g/mol. The van der Waals surface area contributed by atoms with Crippen LogP contribution >= 0.6 is 15.9 Å². The highest BCUT2D eigenvalue weighted by atomic mass is 79.9.